The normalized spacial score (nSPS) is 11.2. The molecule has 0 spiro atoms. The van der Waals surface area contributed by atoms with Crippen molar-refractivity contribution < 1.29 is 22.6 Å². The van der Waals surface area contributed by atoms with Crippen LogP contribution in [-0.4, -0.2) is 6.36 Å². The maximum absolute atomic E-state index is 12.0. The third-order valence-corrected chi connectivity index (χ3v) is 2.92. The highest BCUT2D eigenvalue weighted by Crippen LogP contribution is 2.23. The largest absolute Gasteiger partial charge is 0.573 e. The molecule has 0 heterocycles. The summed E-state index contributed by atoms with van der Waals surface area (Å²) < 4.78 is 45.4. The van der Waals surface area contributed by atoms with E-state index in [1.165, 1.54) is 24.3 Å². The van der Waals surface area contributed by atoms with Gasteiger partial charge in [0.1, 0.15) is 18.1 Å². The van der Waals surface area contributed by atoms with Gasteiger partial charge in [0.05, 0.1) is 0 Å². The minimum atomic E-state index is -4.68. The fourth-order valence-electron chi connectivity index (χ4n) is 1.67. The van der Waals surface area contributed by atoms with Crippen molar-refractivity contribution in [3.63, 3.8) is 0 Å². The van der Waals surface area contributed by atoms with E-state index in [2.05, 4.69) is 4.74 Å². The van der Waals surface area contributed by atoms with Crippen molar-refractivity contribution in [2.45, 2.75) is 18.8 Å². The Morgan fingerprint density at radius 2 is 1.62 bits per heavy atom. The van der Waals surface area contributed by atoms with Crippen molar-refractivity contribution in [3.8, 4) is 11.5 Å². The van der Waals surface area contributed by atoms with E-state index in [4.69, 9.17) is 16.3 Å². The van der Waals surface area contributed by atoms with Gasteiger partial charge in [-0.1, -0.05) is 24.3 Å². The number of ether oxygens (including phenoxy) is 2. The van der Waals surface area contributed by atoms with Crippen LogP contribution in [0, 0.1) is 0 Å². The molecule has 0 aliphatic carbocycles. The summed E-state index contributed by atoms with van der Waals surface area (Å²) in [7, 11) is 0. The first kappa shape index (κ1) is 15.5. The molecule has 2 aromatic rings. The van der Waals surface area contributed by atoms with Gasteiger partial charge >= 0.3 is 6.36 Å². The number of rotatable bonds is 5. The highest BCUT2D eigenvalue weighted by Gasteiger charge is 2.30. The summed E-state index contributed by atoms with van der Waals surface area (Å²) in [5.74, 6) is 0.792. The first-order chi connectivity index (χ1) is 9.96. The Bertz CT molecular complexity index is 582. The zero-order valence-electron chi connectivity index (χ0n) is 10.9. The van der Waals surface area contributed by atoms with Crippen molar-refractivity contribution in [1.82, 2.24) is 0 Å². The molecule has 2 nitrogen and oxygen atoms in total. The molecule has 0 radical (unpaired) electrons. The molecule has 0 saturated heterocycles. The summed E-state index contributed by atoms with van der Waals surface area (Å²) >= 11 is 5.72. The summed E-state index contributed by atoms with van der Waals surface area (Å²) in [5, 5.41) is 0. The van der Waals surface area contributed by atoms with Crippen molar-refractivity contribution >= 4 is 11.6 Å². The van der Waals surface area contributed by atoms with Crippen LogP contribution in [0.5, 0.6) is 11.5 Å². The van der Waals surface area contributed by atoms with Crippen LogP contribution in [0.15, 0.2) is 48.5 Å². The quantitative estimate of drug-likeness (QED) is 0.730. The average Bonchev–Trinajstić information content (AvgIpc) is 2.45. The Balaban J connectivity index is 1.94. The van der Waals surface area contributed by atoms with Crippen LogP contribution in [0.3, 0.4) is 0 Å². The molecule has 0 amide bonds. The fraction of sp³-hybridized carbons (Fsp3) is 0.200. The third kappa shape index (κ3) is 5.19. The van der Waals surface area contributed by atoms with Crippen LogP contribution in [0.1, 0.15) is 11.1 Å². The Hall–Kier alpha value is -1.88. The van der Waals surface area contributed by atoms with Gasteiger partial charge in [-0.2, -0.15) is 0 Å². The van der Waals surface area contributed by atoms with Crippen LogP contribution in [0.2, 0.25) is 0 Å². The van der Waals surface area contributed by atoms with E-state index in [0.717, 1.165) is 11.1 Å². The first-order valence-electron chi connectivity index (χ1n) is 6.09. The van der Waals surface area contributed by atoms with Crippen LogP contribution in [0.25, 0.3) is 0 Å². The SMILES string of the molecule is FC(F)(F)Oc1ccc(COc2cccc(CCl)c2)cc1. The number of benzene rings is 2. The lowest BCUT2D eigenvalue weighted by Crippen LogP contribution is -2.17. The maximum Gasteiger partial charge on any atom is 0.573 e. The second-order valence-electron chi connectivity index (χ2n) is 4.26. The van der Waals surface area contributed by atoms with E-state index in [1.54, 1.807) is 6.07 Å². The van der Waals surface area contributed by atoms with E-state index in [1.807, 2.05) is 18.2 Å². The fourth-order valence-corrected chi connectivity index (χ4v) is 1.84. The lowest BCUT2D eigenvalue weighted by molar-refractivity contribution is -0.274. The molecule has 0 atom stereocenters. The Morgan fingerprint density at radius 1 is 0.905 bits per heavy atom. The first-order valence-corrected chi connectivity index (χ1v) is 6.62. The van der Waals surface area contributed by atoms with E-state index in [0.29, 0.717) is 11.6 Å². The van der Waals surface area contributed by atoms with Gasteiger partial charge < -0.3 is 9.47 Å². The summed E-state index contributed by atoms with van der Waals surface area (Å²) in [6.45, 7) is 0.248. The van der Waals surface area contributed by atoms with Crippen molar-refractivity contribution in [1.29, 1.82) is 0 Å². The predicted molar refractivity (Wildman–Crippen MR) is 73.5 cm³/mol. The van der Waals surface area contributed by atoms with Crippen LogP contribution in [-0.2, 0) is 12.5 Å². The lowest BCUT2D eigenvalue weighted by atomic mass is 10.2. The maximum atomic E-state index is 12.0. The molecule has 0 fully saturated rings. The van der Waals surface area contributed by atoms with Crippen LogP contribution in [0.4, 0.5) is 13.2 Å². The molecule has 2 rings (SSSR count). The van der Waals surface area contributed by atoms with Gasteiger partial charge in [-0.3, -0.25) is 0 Å². The number of hydrogen-bond acceptors (Lipinski definition) is 2. The molecule has 2 aromatic carbocycles. The number of halogens is 4. The van der Waals surface area contributed by atoms with Gasteiger partial charge in [0.15, 0.2) is 0 Å². The molecule has 0 aliphatic rings. The van der Waals surface area contributed by atoms with E-state index >= 15 is 0 Å². The summed E-state index contributed by atoms with van der Waals surface area (Å²) in [6.07, 6.45) is -4.68. The van der Waals surface area contributed by atoms with Crippen molar-refractivity contribution in [2.24, 2.45) is 0 Å². The monoisotopic (exact) mass is 316 g/mol. The highest BCUT2D eigenvalue weighted by atomic mass is 35.5. The number of alkyl halides is 4. The molecule has 21 heavy (non-hydrogen) atoms. The van der Waals surface area contributed by atoms with Gasteiger partial charge in [0, 0.05) is 5.88 Å². The molecule has 0 aliphatic heterocycles. The van der Waals surface area contributed by atoms with Crippen LogP contribution >= 0.6 is 11.6 Å². The zero-order valence-corrected chi connectivity index (χ0v) is 11.6. The second kappa shape index (κ2) is 6.72. The molecular formula is C15H12ClF3O2. The standard InChI is InChI=1S/C15H12ClF3O2/c16-9-12-2-1-3-14(8-12)20-10-11-4-6-13(7-5-11)21-15(17,18)19/h1-8H,9-10H2. The summed E-state index contributed by atoms with van der Waals surface area (Å²) in [6, 6.07) is 12.9. The van der Waals surface area contributed by atoms with Gasteiger partial charge in [-0.25, -0.2) is 0 Å². The minimum absolute atomic E-state index is 0.248. The van der Waals surface area contributed by atoms with Crippen molar-refractivity contribution in [2.75, 3.05) is 0 Å². The molecule has 0 unspecified atom stereocenters. The molecule has 6 heteroatoms. The number of hydrogen-bond donors (Lipinski definition) is 0. The summed E-state index contributed by atoms with van der Waals surface area (Å²) in [5.41, 5.74) is 1.67. The molecule has 0 saturated carbocycles. The van der Waals surface area contributed by atoms with E-state index < -0.39 is 6.36 Å². The highest BCUT2D eigenvalue weighted by molar-refractivity contribution is 6.17. The summed E-state index contributed by atoms with van der Waals surface area (Å²) in [4.78, 5) is 0. The molecule has 0 aromatic heterocycles. The van der Waals surface area contributed by atoms with Gasteiger partial charge in [0.25, 0.3) is 0 Å². The molecule has 112 valence electrons. The molecule has 0 bridgehead atoms. The zero-order chi connectivity index (χ0) is 15.3. The van der Waals surface area contributed by atoms with E-state index in [9.17, 15) is 13.2 Å². The Morgan fingerprint density at radius 3 is 2.24 bits per heavy atom. The predicted octanol–water partition coefficient (Wildman–Crippen LogP) is 4.90. The molecule has 0 N–H and O–H groups in total. The minimum Gasteiger partial charge on any atom is -0.489 e. The Labute approximate surface area is 125 Å². The van der Waals surface area contributed by atoms with Crippen molar-refractivity contribution in [3.05, 3.63) is 59.7 Å². The average molecular weight is 317 g/mol. The van der Waals surface area contributed by atoms with Gasteiger partial charge in [-0.15, -0.1) is 24.8 Å². The topological polar surface area (TPSA) is 18.5 Å². The lowest BCUT2D eigenvalue weighted by Gasteiger charge is -2.10. The third-order valence-electron chi connectivity index (χ3n) is 2.62. The van der Waals surface area contributed by atoms with Gasteiger partial charge in [0.2, 0.25) is 0 Å². The Kier molecular flexibility index (Phi) is 4.96. The van der Waals surface area contributed by atoms with E-state index in [-0.39, 0.29) is 12.4 Å². The van der Waals surface area contributed by atoms with Gasteiger partial charge in [-0.05, 0) is 35.4 Å². The second-order valence-corrected chi connectivity index (χ2v) is 4.53. The molecular weight excluding hydrogens is 305 g/mol. The van der Waals surface area contributed by atoms with Crippen LogP contribution < -0.4 is 9.47 Å². The smallest absolute Gasteiger partial charge is 0.489 e.